The van der Waals surface area contributed by atoms with Gasteiger partial charge in [0.05, 0.1) is 0 Å². The first kappa shape index (κ1) is 26.4. The quantitative estimate of drug-likeness (QED) is 0.178. The van der Waals surface area contributed by atoms with Crippen LogP contribution in [0.3, 0.4) is 0 Å². The molecule has 2 aromatic carbocycles. The van der Waals surface area contributed by atoms with Gasteiger partial charge in [0.25, 0.3) is 0 Å². The predicted octanol–water partition coefficient (Wildman–Crippen LogP) is 6.38. The van der Waals surface area contributed by atoms with Crippen molar-refractivity contribution in [3.05, 3.63) is 65.9 Å². The highest BCUT2D eigenvalue weighted by Gasteiger charge is 2.33. The third kappa shape index (κ3) is 6.36. The molecule has 3 aromatic rings. The summed E-state index contributed by atoms with van der Waals surface area (Å²) in [4.78, 5) is 10.9. The van der Waals surface area contributed by atoms with Crippen molar-refractivity contribution in [1.29, 1.82) is 0 Å². The second kappa shape index (κ2) is 11.6. The summed E-state index contributed by atoms with van der Waals surface area (Å²) in [7, 11) is -1.23. The number of fused-ring (bicyclic) bond motifs is 1. The lowest BCUT2D eigenvalue weighted by molar-refractivity contribution is 0.0315. The normalized spacial score (nSPS) is 15.6. The lowest BCUT2D eigenvalue weighted by Gasteiger charge is -2.31. The van der Waals surface area contributed by atoms with Crippen molar-refractivity contribution in [3.63, 3.8) is 0 Å². The molecule has 0 radical (unpaired) electrons. The Labute approximate surface area is 219 Å². The zero-order chi connectivity index (χ0) is 25.7. The summed E-state index contributed by atoms with van der Waals surface area (Å²) in [6.45, 7) is 11.0. The van der Waals surface area contributed by atoms with E-state index in [1.807, 2.05) is 66.1 Å². The Morgan fingerprint density at radius 1 is 1.06 bits per heavy atom. The molecule has 0 aliphatic carbocycles. The number of halogens is 1. The highest BCUT2D eigenvalue weighted by molar-refractivity contribution is 6.76. The minimum absolute atomic E-state index is 0.248. The maximum atomic E-state index is 11.2. The minimum Gasteiger partial charge on any atom is -0.489 e. The molecule has 0 bridgehead atoms. The molecule has 0 saturated heterocycles. The fourth-order valence-corrected chi connectivity index (χ4v) is 4.99. The molecule has 1 N–H and O–H groups in total. The van der Waals surface area contributed by atoms with Crippen LogP contribution in [0.15, 0.2) is 59.6 Å². The average molecular weight is 527 g/mol. The van der Waals surface area contributed by atoms with Gasteiger partial charge in [0.1, 0.15) is 30.6 Å². The Hall–Kier alpha value is -2.65. The van der Waals surface area contributed by atoms with Crippen molar-refractivity contribution in [2.75, 3.05) is 13.2 Å². The van der Waals surface area contributed by atoms with Crippen LogP contribution in [-0.2, 0) is 18.1 Å². The molecule has 4 rings (SSSR count). The molecule has 1 aliphatic heterocycles. The second-order valence-corrected chi connectivity index (χ2v) is 16.1. The highest BCUT2D eigenvalue weighted by atomic mass is 35.5. The molecule has 1 atom stereocenters. The van der Waals surface area contributed by atoms with Gasteiger partial charge in [-0.25, -0.2) is 4.98 Å². The van der Waals surface area contributed by atoms with Crippen molar-refractivity contribution in [2.45, 2.75) is 58.6 Å². The molecule has 36 heavy (non-hydrogen) atoms. The van der Waals surface area contributed by atoms with Gasteiger partial charge in [-0.3, -0.25) is 4.57 Å². The van der Waals surface area contributed by atoms with E-state index >= 15 is 0 Å². The summed E-state index contributed by atoms with van der Waals surface area (Å²) < 4.78 is 13.9. The van der Waals surface area contributed by atoms with E-state index < -0.39 is 14.3 Å². The van der Waals surface area contributed by atoms with Gasteiger partial charge in [0.2, 0.25) is 5.29 Å². The Bertz CT molecular complexity index is 1180. The van der Waals surface area contributed by atoms with Crippen molar-refractivity contribution < 1.29 is 14.6 Å². The minimum atomic E-state index is -1.23. The van der Waals surface area contributed by atoms with Crippen LogP contribution in [0.25, 0.3) is 11.4 Å². The number of imidazole rings is 1. The van der Waals surface area contributed by atoms with E-state index in [1.54, 1.807) is 4.90 Å². The number of nitrogens with zero attached hydrogens (tertiary/aromatic N) is 4. The molecule has 9 heteroatoms. The first-order valence-electron chi connectivity index (χ1n) is 12.4. The van der Waals surface area contributed by atoms with E-state index in [9.17, 15) is 5.11 Å². The number of aliphatic hydroxyl groups excluding tert-OH is 1. The number of amidine groups is 1. The SMILES string of the molecule is CCCN1C(Cl)=Nc2nc(-c3ccc(OCc4ccccc4)cc3)n(COCC[Si](C)(C)C)c2C1O. The fourth-order valence-electron chi connectivity index (χ4n) is 3.97. The van der Waals surface area contributed by atoms with Crippen LogP contribution >= 0.6 is 11.6 Å². The molecule has 0 spiro atoms. The number of hydrogen-bond donors (Lipinski definition) is 1. The molecule has 0 fully saturated rings. The topological polar surface area (TPSA) is 72.1 Å². The van der Waals surface area contributed by atoms with E-state index in [2.05, 4.69) is 24.6 Å². The van der Waals surface area contributed by atoms with Crippen LogP contribution in [0.2, 0.25) is 25.7 Å². The molecule has 0 amide bonds. The average Bonchev–Trinajstić information content (AvgIpc) is 3.21. The molecular formula is C27H35ClN4O3Si. The van der Waals surface area contributed by atoms with Gasteiger partial charge in [0.15, 0.2) is 12.0 Å². The van der Waals surface area contributed by atoms with E-state index in [1.165, 1.54) is 0 Å². The number of rotatable bonds is 11. The number of ether oxygens (including phenoxy) is 2. The predicted molar refractivity (Wildman–Crippen MR) is 147 cm³/mol. The first-order valence-corrected chi connectivity index (χ1v) is 16.5. The van der Waals surface area contributed by atoms with Crippen molar-refractivity contribution in [2.24, 2.45) is 4.99 Å². The maximum absolute atomic E-state index is 11.2. The van der Waals surface area contributed by atoms with Gasteiger partial charge in [-0.05, 0) is 53.9 Å². The van der Waals surface area contributed by atoms with Gasteiger partial charge in [-0.2, -0.15) is 4.99 Å². The smallest absolute Gasteiger partial charge is 0.203 e. The zero-order valence-electron chi connectivity index (χ0n) is 21.4. The number of aliphatic hydroxyl groups is 1. The number of benzene rings is 2. The second-order valence-electron chi connectivity index (χ2n) is 10.2. The Morgan fingerprint density at radius 3 is 2.44 bits per heavy atom. The summed E-state index contributed by atoms with van der Waals surface area (Å²) >= 11 is 6.40. The van der Waals surface area contributed by atoms with E-state index in [4.69, 9.17) is 26.1 Å². The van der Waals surface area contributed by atoms with Gasteiger partial charge >= 0.3 is 0 Å². The van der Waals surface area contributed by atoms with Gasteiger partial charge in [-0.15, -0.1) is 0 Å². The highest BCUT2D eigenvalue weighted by Crippen LogP contribution is 2.38. The molecular weight excluding hydrogens is 492 g/mol. The summed E-state index contributed by atoms with van der Waals surface area (Å²) in [5, 5.41) is 11.5. The lowest BCUT2D eigenvalue weighted by Crippen LogP contribution is -2.36. The molecule has 1 unspecified atom stereocenters. The van der Waals surface area contributed by atoms with Crippen LogP contribution in [0.1, 0.15) is 30.8 Å². The number of aromatic nitrogens is 2. The van der Waals surface area contributed by atoms with E-state index in [0.717, 1.165) is 29.3 Å². The van der Waals surface area contributed by atoms with Crippen molar-refractivity contribution >= 4 is 30.8 Å². The van der Waals surface area contributed by atoms with Gasteiger partial charge < -0.3 is 19.5 Å². The van der Waals surface area contributed by atoms with Crippen LogP contribution in [0, 0.1) is 0 Å². The van der Waals surface area contributed by atoms with Crippen molar-refractivity contribution in [3.8, 4) is 17.1 Å². The van der Waals surface area contributed by atoms with Gasteiger partial charge in [0, 0.05) is 26.8 Å². The number of aliphatic imine (C=N–C) groups is 1. The molecule has 192 valence electrons. The molecule has 1 aromatic heterocycles. The number of hydrogen-bond acceptors (Lipinski definition) is 6. The Morgan fingerprint density at radius 2 is 1.78 bits per heavy atom. The summed E-state index contributed by atoms with van der Waals surface area (Å²) in [5.74, 6) is 1.87. The third-order valence-corrected chi connectivity index (χ3v) is 8.01. The molecule has 7 nitrogen and oxygen atoms in total. The van der Waals surface area contributed by atoms with Crippen LogP contribution < -0.4 is 4.74 Å². The van der Waals surface area contributed by atoms with Crippen molar-refractivity contribution in [1.82, 2.24) is 14.5 Å². The van der Waals surface area contributed by atoms with Crippen LogP contribution in [-0.4, -0.2) is 46.1 Å². The molecule has 0 saturated carbocycles. The van der Waals surface area contributed by atoms with Crippen LogP contribution in [0.5, 0.6) is 5.75 Å². The van der Waals surface area contributed by atoms with Gasteiger partial charge in [-0.1, -0.05) is 56.9 Å². The summed E-state index contributed by atoms with van der Waals surface area (Å²) in [6, 6.07) is 18.9. The monoisotopic (exact) mass is 526 g/mol. The first-order chi connectivity index (χ1) is 17.3. The summed E-state index contributed by atoms with van der Waals surface area (Å²) in [6.07, 6.45) is -0.115. The molecule has 1 aliphatic rings. The lowest BCUT2D eigenvalue weighted by atomic mass is 10.2. The molecule has 2 heterocycles. The van der Waals surface area contributed by atoms with E-state index in [-0.39, 0.29) is 12.0 Å². The standard InChI is InChI=1S/C27H35ClN4O3Si/c1-5-15-31-26(33)23-24(30-27(31)28)29-25(32(23)19-34-16-17-36(2,3)4)21-11-13-22(14-12-21)35-18-20-9-7-6-8-10-20/h6-14,26,33H,5,15-19H2,1-4H3. The fraction of sp³-hybridized carbons (Fsp3) is 0.407. The van der Waals surface area contributed by atoms with Crippen LogP contribution in [0.4, 0.5) is 5.82 Å². The summed E-state index contributed by atoms with van der Waals surface area (Å²) in [5.41, 5.74) is 2.59. The Kier molecular flexibility index (Phi) is 8.51. The van der Waals surface area contributed by atoms with E-state index in [0.29, 0.717) is 37.1 Å². The largest absolute Gasteiger partial charge is 0.489 e. The Balaban J connectivity index is 1.59. The maximum Gasteiger partial charge on any atom is 0.203 e. The zero-order valence-corrected chi connectivity index (χ0v) is 23.2. The third-order valence-electron chi connectivity index (χ3n) is 6.00.